The minimum Gasteiger partial charge on any atom is -0.450 e. The molecule has 2 rings (SSSR count). The number of ether oxygens (including phenoxy) is 1. The number of likely N-dealkylation sites (tertiary alicyclic amines) is 1. The summed E-state index contributed by atoms with van der Waals surface area (Å²) in [6.45, 7) is 2.68. The fraction of sp³-hybridized carbons (Fsp3) is 0.533. The molecule has 0 atom stereocenters. The first-order valence-electron chi connectivity index (χ1n) is 7.76. The van der Waals surface area contributed by atoms with Gasteiger partial charge in [0.1, 0.15) is 5.69 Å². The Morgan fingerprint density at radius 3 is 2.56 bits per heavy atom. The first-order valence-corrected chi connectivity index (χ1v) is 7.76. The van der Waals surface area contributed by atoms with Gasteiger partial charge in [-0.05, 0) is 31.9 Å². The number of nitrogens with zero attached hydrogens (tertiary/aromatic N) is 2. The summed E-state index contributed by atoms with van der Waals surface area (Å²) >= 11 is 0. The molecular weight excluding hydrogens is 343 g/mol. The lowest BCUT2D eigenvalue weighted by atomic mass is 10.0. The molecule has 1 aliphatic heterocycles. The molecule has 0 aliphatic carbocycles. The monoisotopic (exact) mass is 361 g/mol. The van der Waals surface area contributed by atoms with E-state index in [1.165, 1.54) is 4.90 Å². The predicted octanol–water partition coefficient (Wildman–Crippen LogP) is 3.65. The second-order valence-corrected chi connectivity index (χ2v) is 5.59. The molecule has 1 fully saturated rings. The van der Waals surface area contributed by atoms with E-state index in [4.69, 9.17) is 4.74 Å². The van der Waals surface area contributed by atoms with Gasteiger partial charge < -0.3 is 15.0 Å². The minimum atomic E-state index is -4.58. The number of nitro benzene ring substituents is 1. The van der Waals surface area contributed by atoms with Crippen LogP contribution in [0.15, 0.2) is 18.2 Å². The fourth-order valence-corrected chi connectivity index (χ4v) is 2.63. The summed E-state index contributed by atoms with van der Waals surface area (Å²) in [7, 11) is 0. The van der Waals surface area contributed by atoms with Gasteiger partial charge in [0, 0.05) is 25.2 Å². The maximum atomic E-state index is 12.8. The van der Waals surface area contributed by atoms with Crippen molar-refractivity contribution in [2.75, 3.05) is 25.0 Å². The number of nitrogens with one attached hydrogen (secondary N) is 1. The van der Waals surface area contributed by atoms with Crippen LogP contribution in [0.5, 0.6) is 0 Å². The highest BCUT2D eigenvalue weighted by Crippen LogP contribution is 2.35. The summed E-state index contributed by atoms with van der Waals surface area (Å²) < 4.78 is 43.4. The van der Waals surface area contributed by atoms with E-state index in [9.17, 15) is 28.1 Å². The number of rotatable bonds is 4. The average Bonchev–Trinajstić information content (AvgIpc) is 2.54. The normalized spacial score (nSPS) is 15.8. The Balaban J connectivity index is 2.09. The summed E-state index contributed by atoms with van der Waals surface area (Å²) in [4.78, 5) is 23.5. The van der Waals surface area contributed by atoms with E-state index in [0.717, 1.165) is 12.1 Å². The van der Waals surface area contributed by atoms with Gasteiger partial charge in [-0.25, -0.2) is 4.79 Å². The lowest BCUT2D eigenvalue weighted by Gasteiger charge is -2.32. The quantitative estimate of drug-likeness (QED) is 0.654. The zero-order valence-corrected chi connectivity index (χ0v) is 13.5. The first-order chi connectivity index (χ1) is 11.7. The van der Waals surface area contributed by atoms with Gasteiger partial charge in [0.15, 0.2) is 0 Å². The van der Waals surface area contributed by atoms with Crippen LogP contribution in [0, 0.1) is 10.1 Å². The lowest BCUT2D eigenvalue weighted by Crippen LogP contribution is -2.42. The Kier molecular flexibility index (Phi) is 5.70. The van der Waals surface area contributed by atoms with Crippen molar-refractivity contribution in [3.63, 3.8) is 0 Å². The smallest absolute Gasteiger partial charge is 0.416 e. The summed E-state index contributed by atoms with van der Waals surface area (Å²) in [5.41, 5.74) is -1.54. The molecule has 1 heterocycles. The number of anilines is 1. The van der Waals surface area contributed by atoms with Crippen molar-refractivity contribution in [3.05, 3.63) is 33.9 Å². The van der Waals surface area contributed by atoms with Crippen LogP contribution in [-0.2, 0) is 10.9 Å². The number of alkyl halides is 3. The second-order valence-electron chi connectivity index (χ2n) is 5.59. The molecule has 1 saturated heterocycles. The standard InChI is InChI=1S/C15H18F3N3O4/c1-2-25-14(22)20-7-5-11(6-8-20)19-12-9-10(15(16,17)18)3-4-13(12)21(23)24/h3-4,9,11,19H,2,5-8H2,1H3. The molecule has 1 aliphatic rings. The van der Waals surface area contributed by atoms with E-state index >= 15 is 0 Å². The van der Waals surface area contributed by atoms with Crippen molar-refractivity contribution in [2.45, 2.75) is 32.0 Å². The van der Waals surface area contributed by atoms with E-state index in [-0.39, 0.29) is 18.3 Å². The van der Waals surface area contributed by atoms with Crippen LogP contribution in [0.4, 0.5) is 29.3 Å². The predicted molar refractivity (Wildman–Crippen MR) is 83.3 cm³/mol. The Bertz CT molecular complexity index is 643. The number of halogens is 3. The number of hydrogen-bond acceptors (Lipinski definition) is 5. The molecule has 7 nitrogen and oxygen atoms in total. The molecule has 138 valence electrons. The van der Waals surface area contributed by atoms with Crippen molar-refractivity contribution in [3.8, 4) is 0 Å². The largest absolute Gasteiger partial charge is 0.450 e. The van der Waals surface area contributed by atoms with Crippen molar-refractivity contribution in [2.24, 2.45) is 0 Å². The average molecular weight is 361 g/mol. The molecule has 1 N–H and O–H groups in total. The molecule has 0 bridgehead atoms. The summed E-state index contributed by atoms with van der Waals surface area (Å²) in [6, 6.07) is 2.01. The van der Waals surface area contributed by atoms with Gasteiger partial charge in [-0.2, -0.15) is 13.2 Å². The Labute approximate surface area is 141 Å². The number of hydrogen-bond donors (Lipinski definition) is 1. The maximum Gasteiger partial charge on any atom is 0.416 e. The van der Waals surface area contributed by atoms with Gasteiger partial charge in [0.05, 0.1) is 17.1 Å². The van der Waals surface area contributed by atoms with Gasteiger partial charge in [0.2, 0.25) is 0 Å². The summed E-state index contributed by atoms with van der Waals surface area (Å²) in [5, 5.41) is 13.9. The number of nitro groups is 1. The zero-order valence-electron chi connectivity index (χ0n) is 13.5. The van der Waals surface area contributed by atoms with Crippen LogP contribution in [0.1, 0.15) is 25.3 Å². The third-order valence-corrected chi connectivity index (χ3v) is 3.90. The van der Waals surface area contributed by atoms with Gasteiger partial charge in [-0.1, -0.05) is 0 Å². The van der Waals surface area contributed by atoms with Gasteiger partial charge in [0.25, 0.3) is 5.69 Å². The van der Waals surface area contributed by atoms with E-state index < -0.39 is 28.4 Å². The molecule has 10 heteroatoms. The molecule has 0 spiro atoms. The van der Waals surface area contributed by atoms with E-state index in [2.05, 4.69) is 5.32 Å². The third kappa shape index (κ3) is 4.74. The van der Waals surface area contributed by atoms with E-state index in [0.29, 0.717) is 32.0 Å². The minimum absolute atomic E-state index is 0.172. The van der Waals surface area contributed by atoms with Gasteiger partial charge in [-0.3, -0.25) is 10.1 Å². The number of benzene rings is 1. The number of carbonyl (C=O) groups is 1. The SMILES string of the molecule is CCOC(=O)N1CCC(Nc2cc(C(F)(F)F)ccc2[N+](=O)[O-])CC1. The number of amides is 1. The van der Waals surface area contributed by atoms with Crippen molar-refractivity contribution in [1.82, 2.24) is 4.90 Å². The molecule has 0 radical (unpaired) electrons. The lowest BCUT2D eigenvalue weighted by molar-refractivity contribution is -0.384. The van der Waals surface area contributed by atoms with Crippen LogP contribution in [0.25, 0.3) is 0 Å². The van der Waals surface area contributed by atoms with Gasteiger partial charge >= 0.3 is 12.3 Å². The third-order valence-electron chi connectivity index (χ3n) is 3.90. The first kappa shape index (κ1) is 18.8. The highest BCUT2D eigenvalue weighted by atomic mass is 19.4. The van der Waals surface area contributed by atoms with Crippen LogP contribution in [-0.4, -0.2) is 41.7 Å². The fourth-order valence-electron chi connectivity index (χ4n) is 2.63. The molecule has 0 saturated carbocycles. The zero-order chi connectivity index (χ0) is 18.6. The Hall–Kier alpha value is -2.52. The molecule has 25 heavy (non-hydrogen) atoms. The van der Waals surface area contributed by atoms with Crippen LogP contribution < -0.4 is 5.32 Å². The van der Waals surface area contributed by atoms with E-state index in [1.54, 1.807) is 6.92 Å². The van der Waals surface area contributed by atoms with Crippen molar-refractivity contribution >= 4 is 17.5 Å². The number of piperidine rings is 1. The van der Waals surface area contributed by atoms with Crippen LogP contribution in [0.3, 0.4) is 0 Å². The molecular formula is C15H18F3N3O4. The summed E-state index contributed by atoms with van der Waals surface area (Å²) in [6.07, 6.45) is -4.12. The Morgan fingerprint density at radius 2 is 2.04 bits per heavy atom. The molecule has 0 unspecified atom stereocenters. The maximum absolute atomic E-state index is 12.8. The number of carbonyl (C=O) groups excluding carboxylic acids is 1. The highest BCUT2D eigenvalue weighted by molar-refractivity contribution is 5.68. The molecule has 1 amide bonds. The van der Waals surface area contributed by atoms with Crippen molar-refractivity contribution < 1.29 is 27.6 Å². The van der Waals surface area contributed by atoms with E-state index in [1.807, 2.05) is 0 Å². The van der Waals surface area contributed by atoms with Crippen LogP contribution >= 0.6 is 0 Å². The Morgan fingerprint density at radius 1 is 1.40 bits per heavy atom. The van der Waals surface area contributed by atoms with Crippen molar-refractivity contribution in [1.29, 1.82) is 0 Å². The highest BCUT2D eigenvalue weighted by Gasteiger charge is 2.33. The molecule has 0 aromatic heterocycles. The second kappa shape index (κ2) is 7.58. The van der Waals surface area contributed by atoms with Gasteiger partial charge in [-0.15, -0.1) is 0 Å². The summed E-state index contributed by atoms with van der Waals surface area (Å²) in [5.74, 6) is 0. The topological polar surface area (TPSA) is 84.7 Å². The molecule has 1 aromatic carbocycles. The molecule has 1 aromatic rings. The van der Waals surface area contributed by atoms with Crippen LogP contribution in [0.2, 0.25) is 0 Å².